The highest BCUT2D eigenvalue weighted by Gasteiger charge is 2.28. The molecule has 2 unspecified atom stereocenters. The van der Waals surface area contributed by atoms with Crippen LogP contribution in [0, 0.1) is 0 Å². The molecule has 2 atom stereocenters. The molecule has 0 aliphatic heterocycles. The number of hydrogen-bond acceptors (Lipinski definition) is 2. The van der Waals surface area contributed by atoms with Gasteiger partial charge < -0.3 is 4.90 Å². The molecule has 2 rings (SSSR count). The zero-order chi connectivity index (χ0) is 13.8. The van der Waals surface area contributed by atoms with Gasteiger partial charge in [-0.3, -0.25) is 4.68 Å². The summed E-state index contributed by atoms with van der Waals surface area (Å²) < 4.78 is 2.10. The van der Waals surface area contributed by atoms with Crippen LogP contribution in [-0.2, 0) is 6.54 Å². The SMILES string of the molecule is CN(C)CCn1ncc(Cl)c1C1CCCCCC1Br. The Labute approximate surface area is 129 Å². The van der Waals surface area contributed by atoms with Crippen LogP contribution in [0.3, 0.4) is 0 Å². The van der Waals surface area contributed by atoms with Crippen molar-refractivity contribution in [1.82, 2.24) is 14.7 Å². The van der Waals surface area contributed by atoms with Crippen LogP contribution in [0.2, 0.25) is 5.02 Å². The maximum atomic E-state index is 6.39. The van der Waals surface area contributed by atoms with Gasteiger partial charge in [-0.2, -0.15) is 5.10 Å². The van der Waals surface area contributed by atoms with Crippen molar-refractivity contribution in [2.45, 2.75) is 49.4 Å². The lowest BCUT2D eigenvalue weighted by Gasteiger charge is -2.22. The molecule has 0 radical (unpaired) electrons. The first-order chi connectivity index (χ1) is 9.09. The third-order valence-electron chi connectivity index (χ3n) is 3.88. The Morgan fingerprint density at radius 3 is 2.84 bits per heavy atom. The Morgan fingerprint density at radius 2 is 2.11 bits per heavy atom. The van der Waals surface area contributed by atoms with Crippen molar-refractivity contribution in [2.75, 3.05) is 20.6 Å². The summed E-state index contributed by atoms with van der Waals surface area (Å²) in [5.41, 5.74) is 1.23. The number of nitrogens with zero attached hydrogens (tertiary/aromatic N) is 3. The Hall–Kier alpha value is -0.0600. The van der Waals surface area contributed by atoms with Gasteiger partial charge in [0.1, 0.15) is 0 Å². The molecule has 1 saturated carbocycles. The van der Waals surface area contributed by atoms with E-state index >= 15 is 0 Å². The van der Waals surface area contributed by atoms with Gasteiger partial charge in [-0.1, -0.05) is 46.8 Å². The monoisotopic (exact) mass is 347 g/mol. The van der Waals surface area contributed by atoms with Crippen LogP contribution in [0.5, 0.6) is 0 Å². The zero-order valence-electron chi connectivity index (χ0n) is 11.8. The average molecular weight is 349 g/mol. The van der Waals surface area contributed by atoms with E-state index in [0.717, 1.165) is 18.1 Å². The van der Waals surface area contributed by atoms with Gasteiger partial charge in [-0.15, -0.1) is 0 Å². The van der Waals surface area contributed by atoms with E-state index < -0.39 is 0 Å². The number of rotatable bonds is 4. The first-order valence-corrected chi connectivity index (χ1v) is 8.39. The van der Waals surface area contributed by atoms with Crippen molar-refractivity contribution in [3.63, 3.8) is 0 Å². The lowest BCUT2D eigenvalue weighted by atomic mass is 9.96. The fourth-order valence-electron chi connectivity index (χ4n) is 2.78. The molecule has 0 spiro atoms. The van der Waals surface area contributed by atoms with Gasteiger partial charge in [-0.25, -0.2) is 0 Å². The summed E-state index contributed by atoms with van der Waals surface area (Å²) in [6.45, 7) is 1.90. The fourth-order valence-corrected chi connectivity index (χ4v) is 3.90. The summed E-state index contributed by atoms with van der Waals surface area (Å²) in [5.74, 6) is 0.500. The lowest BCUT2D eigenvalue weighted by molar-refractivity contribution is 0.365. The molecule has 1 aromatic heterocycles. The van der Waals surface area contributed by atoms with E-state index in [0.29, 0.717) is 10.7 Å². The molecule has 5 heteroatoms. The molecule has 1 fully saturated rings. The molecule has 1 aliphatic rings. The molecular weight excluding hydrogens is 326 g/mol. The minimum atomic E-state index is 0.500. The van der Waals surface area contributed by atoms with Gasteiger partial charge in [0.15, 0.2) is 0 Å². The number of likely N-dealkylation sites (N-methyl/N-ethyl adjacent to an activating group) is 1. The lowest BCUT2D eigenvalue weighted by Crippen LogP contribution is -2.23. The summed E-state index contributed by atoms with van der Waals surface area (Å²) in [6, 6.07) is 0. The van der Waals surface area contributed by atoms with E-state index in [1.54, 1.807) is 6.20 Å². The Kier molecular flexibility index (Phi) is 5.72. The fraction of sp³-hybridized carbons (Fsp3) is 0.786. The molecule has 0 saturated heterocycles. The number of aromatic nitrogens is 2. The molecule has 0 bridgehead atoms. The van der Waals surface area contributed by atoms with Crippen LogP contribution >= 0.6 is 27.5 Å². The molecular formula is C14H23BrClN3. The molecule has 3 nitrogen and oxygen atoms in total. The first-order valence-electron chi connectivity index (χ1n) is 7.09. The molecule has 1 aromatic rings. The summed E-state index contributed by atoms with van der Waals surface area (Å²) in [5, 5.41) is 5.29. The van der Waals surface area contributed by atoms with E-state index in [1.807, 2.05) is 0 Å². The Bertz CT molecular complexity index is 405. The predicted molar refractivity (Wildman–Crippen MR) is 84.3 cm³/mol. The van der Waals surface area contributed by atoms with Crippen molar-refractivity contribution >= 4 is 27.5 Å². The molecule has 19 heavy (non-hydrogen) atoms. The number of alkyl halides is 1. The Morgan fingerprint density at radius 1 is 1.37 bits per heavy atom. The van der Waals surface area contributed by atoms with Gasteiger partial charge in [0, 0.05) is 17.3 Å². The third kappa shape index (κ3) is 3.96. The maximum Gasteiger partial charge on any atom is 0.0821 e. The minimum absolute atomic E-state index is 0.500. The van der Waals surface area contributed by atoms with E-state index in [4.69, 9.17) is 11.6 Å². The zero-order valence-corrected chi connectivity index (χ0v) is 14.1. The van der Waals surface area contributed by atoms with Crippen molar-refractivity contribution in [3.05, 3.63) is 16.9 Å². The standard InChI is InChI=1S/C14H23BrClN3/c1-18(2)8-9-19-14(13(16)10-17-19)11-6-4-3-5-7-12(11)15/h10-12H,3-9H2,1-2H3. The molecule has 0 aromatic carbocycles. The van der Waals surface area contributed by atoms with Crippen LogP contribution in [-0.4, -0.2) is 40.1 Å². The van der Waals surface area contributed by atoms with Gasteiger partial charge >= 0.3 is 0 Å². The van der Waals surface area contributed by atoms with Crippen molar-refractivity contribution < 1.29 is 0 Å². The summed E-state index contributed by atoms with van der Waals surface area (Å²) in [4.78, 5) is 2.71. The van der Waals surface area contributed by atoms with Crippen molar-refractivity contribution in [1.29, 1.82) is 0 Å². The average Bonchev–Trinajstić information content (AvgIpc) is 2.58. The molecule has 0 amide bonds. The first kappa shape index (κ1) is 15.3. The molecule has 0 N–H and O–H groups in total. The Balaban J connectivity index is 2.19. The largest absolute Gasteiger partial charge is 0.308 e. The summed E-state index contributed by atoms with van der Waals surface area (Å²) in [7, 11) is 4.17. The van der Waals surface area contributed by atoms with E-state index in [1.165, 1.54) is 37.8 Å². The van der Waals surface area contributed by atoms with Gasteiger partial charge in [0.05, 0.1) is 23.5 Å². The quantitative estimate of drug-likeness (QED) is 0.607. The highest BCUT2D eigenvalue weighted by atomic mass is 79.9. The highest BCUT2D eigenvalue weighted by molar-refractivity contribution is 9.09. The van der Waals surface area contributed by atoms with Gasteiger partial charge in [-0.05, 0) is 26.9 Å². The van der Waals surface area contributed by atoms with Gasteiger partial charge in [0.25, 0.3) is 0 Å². The second kappa shape index (κ2) is 7.09. The van der Waals surface area contributed by atoms with E-state index in [-0.39, 0.29) is 0 Å². The normalized spacial score (nSPS) is 24.7. The summed E-state index contributed by atoms with van der Waals surface area (Å²) >= 11 is 10.3. The van der Waals surface area contributed by atoms with Crippen molar-refractivity contribution in [2.24, 2.45) is 0 Å². The number of halogens is 2. The van der Waals surface area contributed by atoms with Gasteiger partial charge in [0.2, 0.25) is 0 Å². The summed E-state index contributed by atoms with van der Waals surface area (Å²) in [6.07, 6.45) is 8.19. The van der Waals surface area contributed by atoms with Crippen molar-refractivity contribution in [3.8, 4) is 0 Å². The van der Waals surface area contributed by atoms with E-state index in [2.05, 4.69) is 44.7 Å². The third-order valence-corrected chi connectivity index (χ3v) is 5.26. The molecule has 1 aliphatic carbocycles. The minimum Gasteiger partial charge on any atom is -0.308 e. The highest BCUT2D eigenvalue weighted by Crippen LogP contribution is 2.39. The molecule has 108 valence electrons. The van der Waals surface area contributed by atoms with Crippen LogP contribution < -0.4 is 0 Å². The topological polar surface area (TPSA) is 21.1 Å². The van der Waals surface area contributed by atoms with Crippen LogP contribution in [0.25, 0.3) is 0 Å². The van der Waals surface area contributed by atoms with Crippen LogP contribution in [0.1, 0.15) is 43.7 Å². The predicted octanol–water partition coefficient (Wildman–Crippen LogP) is 3.91. The smallest absolute Gasteiger partial charge is 0.0821 e. The second-order valence-corrected chi connectivity index (χ2v) is 7.25. The van der Waals surface area contributed by atoms with Crippen LogP contribution in [0.15, 0.2) is 6.20 Å². The van der Waals surface area contributed by atoms with Crippen LogP contribution in [0.4, 0.5) is 0 Å². The van der Waals surface area contributed by atoms with E-state index in [9.17, 15) is 0 Å². The maximum absolute atomic E-state index is 6.39. The number of hydrogen-bond donors (Lipinski definition) is 0. The molecule has 1 heterocycles. The second-order valence-electron chi connectivity index (χ2n) is 5.66.